The van der Waals surface area contributed by atoms with Crippen LogP contribution in [0, 0.1) is 12.3 Å². The Labute approximate surface area is 89.2 Å². The van der Waals surface area contributed by atoms with Crippen LogP contribution in [-0.4, -0.2) is 29.2 Å². The highest BCUT2D eigenvalue weighted by Crippen LogP contribution is 1.94. The van der Waals surface area contributed by atoms with Gasteiger partial charge in [-0.25, -0.2) is 4.79 Å². The normalized spacial score (nSPS) is 13.4. The van der Waals surface area contributed by atoms with Gasteiger partial charge in [-0.05, 0) is 13.3 Å². The molecule has 0 aromatic heterocycles. The van der Waals surface area contributed by atoms with E-state index in [0.717, 1.165) is 6.42 Å². The lowest BCUT2D eigenvalue weighted by molar-refractivity contribution is -0.138. The van der Waals surface area contributed by atoms with Gasteiger partial charge >= 0.3 is 12.0 Å². The zero-order chi connectivity index (χ0) is 11.8. The van der Waals surface area contributed by atoms with E-state index in [1.54, 1.807) is 0 Å². The largest absolute Gasteiger partial charge is 0.480 e. The number of carboxylic acid groups (broad SMARTS) is 1. The van der Waals surface area contributed by atoms with Gasteiger partial charge < -0.3 is 15.7 Å². The second-order valence-corrected chi connectivity index (χ2v) is 3.19. The van der Waals surface area contributed by atoms with E-state index >= 15 is 0 Å². The lowest BCUT2D eigenvalue weighted by atomic mass is 10.2. The highest BCUT2D eigenvalue weighted by atomic mass is 16.4. The van der Waals surface area contributed by atoms with Crippen molar-refractivity contribution in [2.75, 3.05) is 0 Å². The van der Waals surface area contributed by atoms with Gasteiger partial charge in [0.2, 0.25) is 0 Å². The maximum absolute atomic E-state index is 11.2. The van der Waals surface area contributed by atoms with Crippen molar-refractivity contribution in [2.45, 2.75) is 38.8 Å². The Morgan fingerprint density at radius 3 is 2.47 bits per heavy atom. The summed E-state index contributed by atoms with van der Waals surface area (Å²) < 4.78 is 0. The van der Waals surface area contributed by atoms with Crippen LogP contribution in [0.5, 0.6) is 0 Å². The van der Waals surface area contributed by atoms with E-state index in [0.29, 0.717) is 6.42 Å². The van der Waals surface area contributed by atoms with Crippen LogP contribution in [0.4, 0.5) is 4.79 Å². The number of carboxylic acids is 1. The predicted molar refractivity (Wildman–Crippen MR) is 56.3 cm³/mol. The number of amides is 2. The Balaban J connectivity index is 4.02. The minimum Gasteiger partial charge on any atom is -0.480 e. The van der Waals surface area contributed by atoms with Crippen molar-refractivity contribution in [3.63, 3.8) is 0 Å². The van der Waals surface area contributed by atoms with Gasteiger partial charge in [0.1, 0.15) is 6.04 Å². The summed E-state index contributed by atoms with van der Waals surface area (Å²) in [7, 11) is 0. The van der Waals surface area contributed by atoms with Crippen molar-refractivity contribution < 1.29 is 14.7 Å². The zero-order valence-electron chi connectivity index (χ0n) is 8.91. The molecular weight excluding hydrogens is 196 g/mol. The molecular formula is C10H16N2O3. The molecule has 0 aromatic rings. The molecule has 0 saturated carbocycles. The Bertz CT molecular complexity index is 270. The SMILES string of the molecule is C#CC(CCC)NC(=O)N[C@@H](C)C(=O)O. The number of aliphatic carboxylic acids is 1. The van der Waals surface area contributed by atoms with Crippen molar-refractivity contribution >= 4 is 12.0 Å². The molecule has 0 spiro atoms. The quantitative estimate of drug-likeness (QED) is 0.583. The highest BCUT2D eigenvalue weighted by molar-refractivity contribution is 5.82. The number of hydrogen-bond acceptors (Lipinski definition) is 2. The molecule has 84 valence electrons. The minimum atomic E-state index is -1.09. The van der Waals surface area contributed by atoms with Crippen molar-refractivity contribution in [1.29, 1.82) is 0 Å². The van der Waals surface area contributed by atoms with Crippen LogP contribution in [0.15, 0.2) is 0 Å². The van der Waals surface area contributed by atoms with E-state index in [-0.39, 0.29) is 6.04 Å². The fourth-order valence-corrected chi connectivity index (χ4v) is 0.944. The summed E-state index contributed by atoms with van der Waals surface area (Å²) in [5.74, 6) is 1.33. The number of nitrogens with one attached hydrogen (secondary N) is 2. The second-order valence-electron chi connectivity index (χ2n) is 3.19. The van der Waals surface area contributed by atoms with Gasteiger partial charge in [-0.3, -0.25) is 4.79 Å². The van der Waals surface area contributed by atoms with Gasteiger partial charge in [-0.2, -0.15) is 0 Å². The Morgan fingerprint density at radius 2 is 2.07 bits per heavy atom. The van der Waals surface area contributed by atoms with Gasteiger partial charge in [-0.1, -0.05) is 19.3 Å². The average Bonchev–Trinajstić information content (AvgIpc) is 2.16. The average molecular weight is 212 g/mol. The molecule has 2 amide bonds. The van der Waals surface area contributed by atoms with Crippen LogP contribution < -0.4 is 10.6 Å². The summed E-state index contributed by atoms with van der Waals surface area (Å²) in [6, 6.07) is -1.83. The van der Waals surface area contributed by atoms with Crippen molar-refractivity contribution in [3.8, 4) is 12.3 Å². The van der Waals surface area contributed by atoms with Gasteiger partial charge in [0.15, 0.2) is 0 Å². The smallest absolute Gasteiger partial charge is 0.325 e. The topological polar surface area (TPSA) is 78.4 Å². The molecule has 2 atom stereocenters. The molecule has 0 saturated heterocycles. The summed E-state index contributed by atoms with van der Waals surface area (Å²) in [5, 5.41) is 13.3. The summed E-state index contributed by atoms with van der Waals surface area (Å²) in [6.45, 7) is 3.33. The van der Waals surface area contributed by atoms with E-state index in [2.05, 4.69) is 16.6 Å². The Hall–Kier alpha value is -1.70. The van der Waals surface area contributed by atoms with Gasteiger partial charge in [0, 0.05) is 0 Å². The van der Waals surface area contributed by atoms with E-state index < -0.39 is 18.0 Å². The van der Waals surface area contributed by atoms with E-state index in [1.165, 1.54) is 6.92 Å². The number of urea groups is 1. The summed E-state index contributed by atoms with van der Waals surface area (Å²) in [5.41, 5.74) is 0. The Morgan fingerprint density at radius 1 is 1.47 bits per heavy atom. The number of carbonyl (C=O) groups excluding carboxylic acids is 1. The number of hydrogen-bond donors (Lipinski definition) is 3. The van der Waals surface area contributed by atoms with Gasteiger partial charge in [-0.15, -0.1) is 6.42 Å². The fourth-order valence-electron chi connectivity index (χ4n) is 0.944. The fraction of sp³-hybridized carbons (Fsp3) is 0.600. The number of carbonyl (C=O) groups is 2. The molecule has 3 N–H and O–H groups in total. The number of rotatable bonds is 5. The molecule has 0 fully saturated rings. The van der Waals surface area contributed by atoms with Crippen molar-refractivity contribution in [3.05, 3.63) is 0 Å². The molecule has 0 rings (SSSR count). The molecule has 0 aliphatic rings. The molecule has 0 bridgehead atoms. The first-order chi connectivity index (χ1) is 7.01. The first-order valence-corrected chi connectivity index (χ1v) is 4.77. The molecule has 0 aromatic carbocycles. The molecule has 0 aliphatic carbocycles. The third kappa shape index (κ3) is 5.57. The van der Waals surface area contributed by atoms with Gasteiger partial charge in [0.25, 0.3) is 0 Å². The summed E-state index contributed by atoms with van der Waals surface area (Å²) >= 11 is 0. The molecule has 15 heavy (non-hydrogen) atoms. The second kappa shape index (κ2) is 6.71. The monoisotopic (exact) mass is 212 g/mol. The Kier molecular flexibility index (Phi) is 5.95. The molecule has 5 nitrogen and oxygen atoms in total. The van der Waals surface area contributed by atoms with Gasteiger partial charge in [0.05, 0.1) is 6.04 Å². The highest BCUT2D eigenvalue weighted by Gasteiger charge is 2.15. The predicted octanol–water partition coefficient (Wildman–Crippen LogP) is 0.561. The lowest BCUT2D eigenvalue weighted by Crippen LogP contribution is -2.47. The zero-order valence-corrected chi connectivity index (χ0v) is 8.91. The van der Waals surface area contributed by atoms with E-state index in [9.17, 15) is 9.59 Å². The third-order valence-corrected chi connectivity index (χ3v) is 1.80. The summed E-state index contributed by atoms with van der Waals surface area (Å²) in [4.78, 5) is 21.7. The van der Waals surface area contributed by atoms with E-state index in [1.807, 2.05) is 6.92 Å². The molecule has 1 unspecified atom stereocenters. The van der Waals surface area contributed by atoms with Crippen molar-refractivity contribution in [1.82, 2.24) is 10.6 Å². The minimum absolute atomic E-state index is 0.351. The van der Waals surface area contributed by atoms with Crippen molar-refractivity contribution in [2.24, 2.45) is 0 Å². The summed E-state index contributed by atoms with van der Waals surface area (Å²) in [6.07, 6.45) is 6.71. The first kappa shape index (κ1) is 13.3. The first-order valence-electron chi connectivity index (χ1n) is 4.77. The molecule has 0 heterocycles. The van der Waals surface area contributed by atoms with Crippen LogP contribution in [-0.2, 0) is 4.79 Å². The van der Waals surface area contributed by atoms with Crippen LogP contribution in [0.25, 0.3) is 0 Å². The van der Waals surface area contributed by atoms with Crippen LogP contribution in [0.3, 0.4) is 0 Å². The molecule has 0 aliphatic heterocycles. The number of terminal acetylenes is 1. The maximum Gasteiger partial charge on any atom is 0.325 e. The standard InChI is InChI=1S/C10H16N2O3/c1-4-6-8(5-2)12-10(15)11-7(3)9(13)14/h2,7-8H,4,6H2,1,3H3,(H,13,14)(H2,11,12,15)/t7-,8?/m0/s1. The maximum atomic E-state index is 11.2. The van der Waals surface area contributed by atoms with E-state index in [4.69, 9.17) is 11.5 Å². The third-order valence-electron chi connectivity index (χ3n) is 1.80. The molecule has 0 radical (unpaired) electrons. The van der Waals surface area contributed by atoms with Crippen LogP contribution >= 0.6 is 0 Å². The van der Waals surface area contributed by atoms with Crippen LogP contribution in [0.1, 0.15) is 26.7 Å². The molecule has 5 heteroatoms. The van der Waals surface area contributed by atoms with Crippen LogP contribution in [0.2, 0.25) is 0 Å². The lowest BCUT2D eigenvalue weighted by Gasteiger charge is -2.14.